The molecule has 5 rings (SSSR count). The highest BCUT2D eigenvalue weighted by Gasteiger charge is 2.18. The number of rotatable bonds is 3. The standard InChI is InChI=1S/C29H24O2/c1-18-11-13-27(30)25(15-18)26-17-20(12-14-28(26)31)19(2)29-23-9-5-3-7-21(23)16-22-8-4-6-10-24(22)29/h3-17,19,30-31H,1-2H3. The summed E-state index contributed by atoms with van der Waals surface area (Å²) in [5.41, 5.74) is 4.70. The highest BCUT2D eigenvalue weighted by molar-refractivity contribution is 6.03. The largest absolute Gasteiger partial charge is 0.507 e. The quantitative estimate of drug-likeness (QED) is 0.305. The van der Waals surface area contributed by atoms with E-state index in [0.717, 1.165) is 11.1 Å². The maximum Gasteiger partial charge on any atom is 0.123 e. The first-order valence-electron chi connectivity index (χ1n) is 10.6. The van der Waals surface area contributed by atoms with E-state index in [1.54, 1.807) is 12.1 Å². The van der Waals surface area contributed by atoms with Gasteiger partial charge in [0.25, 0.3) is 0 Å². The Hall–Kier alpha value is -3.78. The molecule has 31 heavy (non-hydrogen) atoms. The summed E-state index contributed by atoms with van der Waals surface area (Å²) in [6.07, 6.45) is 0. The Morgan fingerprint density at radius 3 is 1.81 bits per heavy atom. The van der Waals surface area contributed by atoms with Crippen molar-refractivity contribution in [3.63, 3.8) is 0 Å². The molecule has 0 aliphatic rings. The van der Waals surface area contributed by atoms with Crippen molar-refractivity contribution in [3.8, 4) is 22.6 Å². The second-order valence-corrected chi connectivity index (χ2v) is 8.25. The van der Waals surface area contributed by atoms with Gasteiger partial charge in [-0.2, -0.15) is 0 Å². The molecule has 5 aromatic carbocycles. The van der Waals surface area contributed by atoms with E-state index in [-0.39, 0.29) is 17.4 Å². The molecule has 1 atom stereocenters. The molecule has 0 spiro atoms. The van der Waals surface area contributed by atoms with Crippen LogP contribution in [0.1, 0.15) is 29.5 Å². The molecule has 2 N–H and O–H groups in total. The van der Waals surface area contributed by atoms with Crippen LogP contribution in [0.3, 0.4) is 0 Å². The molecule has 2 nitrogen and oxygen atoms in total. The molecule has 0 radical (unpaired) electrons. The van der Waals surface area contributed by atoms with Crippen LogP contribution in [0.25, 0.3) is 32.7 Å². The SMILES string of the molecule is Cc1ccc(O)c(-c2cc(C(C)c3c4ccccc4cc4ccccc34)ccc2O)c1. The van der Waals surface area contributed by atoms with Crippen molar-refractivity contribution in [1.29, 1.82) is 0 Å². The lowest BCUT2D eigenvalue weighted by Crippen LogP contribution is -1.99. The molecule has 0 fully saturated rings. The molecule has 0 saturated heterocycles. The summed E-state index contributed by atoms with van der Waals surface area (Å²) >= 11 is 0. The van der Waals surface area contributed by atoms with E-state index in [4.69, 9.17) is 0 Å². The zero-order chi connectivity index (χ0) is 21.5. The van der Waals surface area contributed by atoms with Gasteiger partial charge < -0.3 is 10.2 Å². The van der Waals surface area contributed by atoms with Crippen molar-refractivity contribution in [2.24, 2.45) is 0 Å². The van der Waals surface area contributed by atoms with Gasteiger partial charge in [-0.05, 0) is 69.9 Å². The summed E-state index contributed by atoms with van der Waals surface area (Å²) in [4.78, 5) is 0. The number of aryl methyl sites for hydroxylation is 1. The van der Waals surface area contributed by atoms with Gasteiger partial charge in [-0.1, -0.05) is 73.2 Å². The number of fused-ring (bicyclic) bond motifs is 2. The molecule has 0 aliphatic heterocycles. The van der Waals surface area contributed by atoms with Gasteiger partial charge in [0.2, 0.25) is 0 Å². The zero-order valence-electron chi connectivity index (χ0n) is 17.6. The Balaban J connectivity index is 1.74. The van der Waals surface area contributed by atoms with Gasteiger partial charge in [-0.3, -0.25) is 0 Å². The minimum absolute atomic E-state index is 0.0994. The van der Waals surface area contributed by atoms with E-state index in [1.165, 1.54) is 27.1 Å². The van der Waals surface area contributed by atoms with Gasteiger partial charge in [0.05, 0.1) is 0 Å². The lowest BCUT2D eigenvalue weighted by atomic mass is 9.84. The number of aromatic hydroxyl groups is 2. The van der Waals surface area contributed by atoms with Crippen LogP contribution >= 0.6 is 0 Å². The topological polar surface area (TPSA) is 40.5 Å². The van der Waals surface area contributed by atoms with Crippen LogP contribution in [-0.2, 0) is 0 Å². The summed E-state index contributed by atoms with van der Waals surface area (Å²) in [5, 5.41) is 25.9. The third-order valence-electron chi connectivity index (χ3n) is 6.21. The number of hydrogen-bond donors (Lipinski definition) is 2. The smallest absolute Gasteiger partial charge is 0.123 e. The maximum atomic E-state index is 10.6. The van der Waals surface area contributed by atoms with Crippen LogP contribution in [0.4, 0.5) is 0 Å². The van der Waals surface area contributed by atoms with Gasteiger partial charge in [-0.15, -0.1) is 0 Å². The van der Waals surface area contributed by atoms with Gasteiger partial charge in [0.1, 0.15) is 11.5 Å². The predicted molar refractivity (Wildman–Crippen MR) is 129 cm³/mol. The monoisotopic (exact) mass is 404 g/mol. The average Bonchev–Trinajstić information content (AvgIpc) is 2.79. The summed E-state index contributed by atoms with van der Waals surface area (Å²) in [5.74, 6) is 0.434. The number of phenolic OH excluding ortho intramolecular Hbond substituents is 2. The van der Waals surface area contributed by atoms with Crippen molar-refractivity contribution in [3.05, 3.63) is 108 Å². The number of phenols is 2. The third kappa shape index (κ3) is 3.30. The molecular weight excluding hydrogens is 380 g/mol. The van der Waals surface area contributed by atoms with E-state index in [1.807, 2.05) is 31.2 Å². The molecule has 0 aromatic heterocycles. The minimum Gasteiger partial charge on any atom is -0.507 e. The lowest BCUT2D eigenvalue weighted by Gasteiger charge is -2.20. The van der Waals surface area contributed by atoms with Crippen LogP contribution < -0.4 is 0 Å². The minimum atomic E-state index is 0.0994. The van der Waals surface area contributed by atoms with E-state index in [9.17, 15) is 10.2 Å². The molecule has 0 amide bonds. The van der Waals surface area contributed by atoms with Crippen molar-refractivity contribution in [1.82, 2.24) is 0 Å². The third-order valence-corrected chi connectivity index (χ3v) is 6.21. The molecule has 152 valence electrons. The summed E-state index contributed by atoms with van der Waals surface area (Å²) < 4.78 is 0. The summed E-state index contributed by atoms with van der Waals surface area (Å²) in [7, 11) is 0. The Morgan fingerprint density at radius 1 is 0.613 bits per heavy atom. The lowest BCUT2D eigenvalue weighted by molar-refractivity contribution is 0.469. The fourth-order valence-electron chi connectivity index (χ4n) is 4.59. The molecule has 1 unspecified atom stereocenters. The fourth-order valence-corrected chi connectivity index (χ4v) is 4.59. The van der Waals surface area contributed by atoms with E-state index < -0.39 is 0 Å². The molecule has 0 bridgehead atoms. The molecule has 0 aliphatic carbocycles. The van der Waals surface area contributed by atoms with E-state index in [0.29, 0.717) is 11.1 Å². The summed E-state index contributed by atoms with van der Waals surface area (Å²) in [6.45, 7) is 4.19. The molecule has 0 saturated carbocycles. The van der Waals surface area contributed by atoms with Gasteiger partial charge >= 0.3 is 0 Å². The Bertz CT molecular complexity index is 1380. The van der Waals surface area contributed by atoms with Crippen LogP contribution in [0.5, 0.6) is 11.5 Å². The van der Waals surface area contributed by atoms with Gasteiger partial charge in [-0.25, -0.2) is 0 Å². The molecular formula is C29H24O2. The maximum absolute atomic E-state index is 10.6. The normalized spacial score (nSPS) is 12.3. The predicted octanol–water partition coefficient (Wildman–Crippen LogP) is 7.53. The number of benzene rings is 5. The highest BCUT2D eigenvalue weighted by atomic mass is 16.3. The second kappa shape index (κ2) is 7.48. The Kier molecular flexibility index (Phi) is 4.63. The Morgan fingerprint density at radius 2 is 1.16 bits per heavy atom. The van der Waals surface area contributed by atoms with E-state index >= 15 is 0 Å². The Labute approximate surface area is 182 Å². The molecule has 5 aromatic rings. The van der Waals surface area contributed by atoms with Crippen LogP contribution in [0.15, 0.2) is 91.0 Å². The molecule has 2 heteroatoms. The van der Waals surface area contributed by atoms with Gasteiger partial charge in [0.15, 0.2) is 0 Å². The van der Waals surface area contributed by atoms with E-state index in [2.05, 4.69) is 61.5 Å². The van der Waals surface area contributed by atoms with Crippen LogP contribution in [0, 0.1) is 6.92 Å². The first-order chi connectivity index (χ1) is 15.0. The fraction of sp³-hybridized carbons (Fsp3) is 0.103. The summed E-state index contributed by atoms with van der Waals surface area (Å²) in [6, 6.07) is 30.4. The zero-order valence-corrected chi connectivity index (χ0v) is 17.6. The average molecular weight is 405 g/mol. The highest BCUT2D eigenvalue weighted by Crippen LogP contribution is 2.41. The van der Waals surface area contributed by atoms with Gasteiger partial charge in [0, 0.05) is 17.0 Å². The van der Waals surface area contributed by atoms with Crippen LogP contribution in [0.2, 0.25) is 0 Å². The number of hydrogen-bond acceptors (Lipinski definition) is 2. The van der Waals surface area contributed by atoms with Crippen LogP contribution in [-0.4, -0.2) is 10.2 Å². The van der Waals surface area contributed by atoms with Crippen molar-refractivity contribution < 1.29 is 10.2 Å². The first-order valence-corrected chi connectivity index (χ1v) is 10.6. The van der Waals surface area contributed by atoms with Crippen molar-refractivity contribution in [2.45, 2.75) is 19.8 Å². The second-order valence-electron chi connectivity index (χ2n) is 8.25. The first kappa shape index (κ1) is 19.2. The van der Waals surface area contributed by atoms with Crippen molar-refractivity contribution >= 4 is 21.5 Å². The molecule has 0 heterocycles. The van der Waals surface area contributed by atoms with Crippen molar-refractivity contribution in [2.75, 3.05) is 0 Å².